The number of nitrogens with one attached hydrogen (secondary N) is 1. The van der Waals surface area contributed by atoms with Gasteiger partial charge in [-0.2, -0.15) is 5.26 Å². The Kier molecular flexibility index (Phi) is 13.0. The Labute approximate surface area is 325 Å². The summed E-state index contributed by atoms with van der Waals surface area (Å²) in [4.78, 5) is 19.0. The number of hydrogen-bond acceptors (Lipinski definition) is 11. The molecule has 6 rings (SSSR count). The molecule has 284 valence electrons. The minimum absolute atomic E-state index is 0.105. The molecule has 1 aliphatic heterocycles. The summed E-state index contributed by atoms with van der Waals surface area (Å²) in [6.07, 6.45) is 4.89. The van der Waals surface area contributed by atoms with Crippen molar-refractivity contribution >= 4 is 29.2 Å². The number of fused-ring (bicyclic) bond motifs is 1. The van der Waals surface area contributed by atoms with Crippen molar-refractivity contribution in [2.45, 2.75) is 64.0 Å². The molecule has 11 nitrogen and oxygen atoms in total. The summed E-state index contributed by atoms with van der Waals surface area (Å²) >= 11 is 13.8. The van der Waals surface area contributed by atoms with Crippen LogP contribution in [0.15, 0.2) is 67.0 Å². The van der Waals surface area contributed by atoms with Gasteiger partial charge in [-0.25, -0.2) is 4.79 Å². The molecule has 2 heterocycles. The van der Waals surface area contributed by atoms with Crippen LogP contribution in [-0.4, -0.2) is 77.2 Å². The maximum absolute atomic E-state index is 12.7. The van der Waals surface area contributed by atoms with Gasteiger partial charge in [-0.15, -0.1) is 0 Å². The first-order chi connectivity index (χ1) is 26.1. The number of aliphatic hydroxyl groups excluding tert-OH is 2. The van der Waals surface area contributed by atoms with Gasteiger partial charge in [0.1, 0.15) is 41.6 Å². The van der Waals surface area contributed by atoms with Gasteiger partial charge in [0, 0.05) is 61.3 Å². The summed E-state index contributed by atoms with van der Waals surface area (Å²) in [5, 5.41) is 32.9. The predicted octanol–water partition coefficient (Wildman–Crippen LogP) is 6.42. The molecule has 1 saturated heterocycles. The topological polar surface area (TPSA) is 146 Å². The lowest BCUT2D eigenvalue weighted by Gasteiger charge is -2.35. The Morgan fingerprint density at radius 2 is 1.87 bits per heavy atom. The van der Waals surface area contributed by atoms with Crippen molar-refractivity contribution in [3.05, 3.63) is 105 Å². The quantitative estimate of drug-likeness (QED) is 0.0807. The number of aromatic nitrogens is 1. The van der Waals surface area contributed by atoms with Gasteiger partial charge >= 0.3 is 5.97 Å². The molecule has 1 aromatic heterocycles. The molecule has 0 bridgehead atoms. The maximum Gasteiger partial charge on any atom is 0.328 e. The number of pyridine rings is 1. The van der Waals surface area contributed by atoms with E-state index in [1.807, 2.05) is 24.3 Å². The summed E-state index contributed by atoms with van der Waals surface area (Å²) in [6.45, 7) is 5.99. The fraction of sp³-hybridized carbons (Fsp3) is 0.390. The van der Waals surface area contributed by atoms with E-state index in [0.717, 1.165) is 41.6 Å². The smallest absolute Gasteiger partial charge is 0.328 e. The number of carbonyl (C=O) groups is 1. The highest BCUT2D eigenvalue weighted by atomic mass is 35.5. The number of β-amino-alcohol motifs (C(OH)–C–C–N with tert-alkyl or cyclic N) is 1. The van der Waals surface area contributed by atoms with Crippen LogP contribution in [0.1, 0.15) is 60.6 Å². The molecule has 3 aromatic carbocycles. The standard InChI is InChI=1S/C41H44Cl2N4O7/c1-3-51-40(50)41(2,25-48)46-21-28-16-34(42)38(17-37(28)53-24-27-15-26(18-44)19-45-20-27)54-35-12-11-31-30(7-4-8-32(31)35)33-9-5-10-36(39(33)43)52-14-6-13-47-22-29(49)23-47/h4-5,7-10,15-17,19-20,29,35,46,48-49H,3,6,11-14,21-25H2,1-2H3/t35-,41?/m0/s1. The number of benzene rings is 3. The van der Waals surface area contributed by atoms with Crippen molar-refractivity contribution in [3.8, 4) is 34.4 Å². The fourth-order valence-corrected chi connectivity index (χ4v) is 7.18. The largest absolute Gasteiger partial charge is 0.492 e. The third-order valence-electron chi connectivity index (χ3n) is 9.70. The molecule has 1 aliphatic carbocycles. The Hall–Kier alpha value is -4.41. The lowest BCUT2D eigenvalue weighted by Crippen LogP contribution is -2.53. The number of ether oxygens (including phenoxy) is 4. The zero-order chi connectivity index (χ0) is 38.2. The van der Waals surface area contributed by atoms with Crippen molar-refractivity contribution < 1.29 is 34.0 Å². The van der Waals surface area contributed by atoms with Gasteiger partial charge in [0.2, 0.25) is 0 Å². The number of nitriles is 1. The van der Waals surface area contributed by atoms with Gasteiger partial charge in [-0.1, -0.05) is 53.5 Å². The SMILES string of the molecule is CCOC(=O)C(C)(CO)NCc1cc(Cl)c(O[C@H]2CCc3c(-c4cccc(OCCCN5CC(O)C5)c4Cl)cccc32)cc1OCc1cncc(C#N)c1. The van der Waals surface area contributed by atoms with E-state index < -0.39 is 18.1 Å². The number of aliphatic hydroxyl groups is 2. The van der Waals surface area contributed by atoms with Crippen LogP contribution in [-0.2, 0) is 29.1 Å². The molecule has 3 N–H and O–H groups in total. The molecule has 1 unspecified atom stereocenters. The Balaban J connectivity index is 1.22. The third-order valence-corrected chi connectivity index (χ3v) is 10.4. The normalized spacial score (nSPS) is 16.5. The third kappa shape index (κ3) is 9.09. The number of likely N-dealkylation sites (tertiary alicyclic amines) is 1. The van der Waals surface area contributed by atoms with Crippen LogP contribution >= 0.6 is 23.2 Å². The second-order valence-electron chi connectivity index (χ2n) is 13.7. The van der Waals surface area contributed by atoms with E-state index in [9.17, 15) is 20.3 Å². The van der Waals surface area contributed by atoms with E-state index in [1.54, 1.807) is 38.2 Å². The minimum Gasteiger partial charge on any atom is -0.492 e. The molecule has 0 spiro atoms. The first-order valence-corrected chi connectivity index (χ1v) is 18.8. The summed E-state index contributed by atoms with van der Waals surface area (Å²) in [6, 6.07) is 19.2. The van der Waals surface area contributed by atoms with Gasteiger partial charge in [0.25, 0.3) is 0 Å². The molecule has 2 aliphatic rings. The van der Waals surface area contributed by atoms with Gasteiger partial charge in [-0.05, 0) is 68.0 Å². The number of nitrogens with zero attached hydrogens (tertiary/aromatic N) is 3. The van der Waals surface area contributed by atoms with Crippen LogP contribution in [0, 0.1) is 11.3 Å². The zero-order valence-corrected chi connectivity index (χ0v) is 31.8. The van der Waals surface area contributed by atoms with E-state index in [1.165, 1.54) is 6.20 Å². The van der Waals surface area contributed by atoms with Crippen molar-refractivity contribution in [2.75, 3.05) is 39.5 Å². The lowest BCUT2D eigenvalue weighted by molar-refractivity contribution is -0.152. The maximum atomic E-state index is 12.7. The molecular weight excluding hydrogens is 731 g/mol. The summed E-state index contributed by atoms with van der Waals surface area (Å²) < 4.78 is 24.2. The van der Waals surface area contributed by atoms with Crippen molar-refractivity contribution in [3.63, 3.8) is 0 Å². The second-order valence-corrected chi connectivity index (χ2v) is 14.5. The van der Waals surface area contributed by atoms with Gasteiger partial charge in [0.05, 0.1) is 41.5 Å². The molecule has 0 radical (unpaired) electrons. The van der Waals surface area contributed by atoms with Crippen LogP contribution in [0.2, 0.25) is 10.0 Å². The predicted molar refractivity (Wildman–Crippen MR) is 205 cm³/mol. The molecule has 54 heavy (non-hydrogen) atoms. The van der Waals surface area contributed by atoms with Gasteiger partial charge < -0.3 is 29.2 Å². The molecular formula is C41H44Cl2N4O7. The first-order valence-electron chi connectivity index (χ1n) is 18.0. The highest BCUT2D eigenvalue weighted by Gasteiger charge is 2.34. The number of carbonyl (C=O) groups excluding carboxylic acids is 1. The van der Waals surface area contributed by atoms with Gasteiger partial charge in [-0.3, -0.25) is 15.2 Å². The summed E-state index contributed by atoms with van der Waals surface area (Å²) in [5.74, 6) is 0.900. The highest BCUT2D eigenvalue weighted by Crippen LogP contribution is 2.45. The van der Waals surface area contributed by atoms with E-state index in [2.05, 4.69) is 33.4 Å². The van der Waals surface area contributed by atoms with Crippen LogP contribution in [0.4, 0.5) is 0 Å². The molecule has 4 aromatic rings. The average Bonchev–Trinajstić information content (AvgIpc) is 3.58. The summed E-state index contributed by atoms with van der Waals surface area (Å²) in [5.41, 5.74) is 4.42. The molecule has 0 amide bonds. The van der Waals surface area contributed by atoms with Crippen molar-refractivity contribution in [2.24, 2.45) is 0 Å². The number of halogens is 2. The summed E-state index contributed by atoms with van der Waals surface area (Å²) in [7, 11) is 0. The van der Waals surface area contributed by atoms with Crippen LogP contribution in [0.25, 0.3) is 11.1 Å². The fourth-order valence-electron chi connectivity index (χ4n) is 6.67. The second kappa shape index (κ2) is 17.8. The molecule has 2 atom stereocenters. The van der Waals surface area contributed by atoms with Crippen LogP contribution < -0.4 is 19.5 Å². The van der Waals surface area contributed by atoms with E-state index in [0.29, 0.717) is 70.1 Å². The Morgan fingerprint density at radius 1 is 1.07 bits per heavy atom. The van der Waals surface area contributed by atoms with Gasteiger partial charge in [0.15, 0.2) is 0 Å². The molecule has 1 fully saturated rings. The van der Waals surface area contributed by atoms with Crippen LogP contribution in [0.5, 0.6) is 17.2 Å². The number of esters is 1. The zero-order valence-electron chi connectivity index (χ0n) is 30.3. The number of rotatable bonds is 17. The average molecular weight is 776 g/mol. The van der Waals surface area contributed by atoms with Crippen LogP contribution in [0.3, 0.4) is 0 Å². The minimum atomic E-state index is -1.36. The monoisotopic (exact) mass is 774 g/mol. The van der Waals surface area contributed by atoms with E-state index >= 15 is 0 Å². The lowest BCUT2D eigenvalue weighted by atomic mass is 9.96. The Morgan fingerprint density at radius 3 is 2.63 bits per heavy atom. The van der Waals surface area contributed by atoms with E-state index in [-0.39, 0.29) is 32.0 Å². The molecule has 13 heteroatoms. The first kappa shape index (κ1) is 39.3. The van der Waals surface area contributed by atoms with E-state index in [4.69, 9.17) is 42.1 Å². The number of hydrogen-bond donors (Lipinski definition) is 3. The van der Waals surface area contributed by atoms with Crippen molar-refractivity contribution in [1.82, 2.24) is 15.2 Å². The molecule has 0 saturated carbocycles. The Bertz CT molecular complexity index is 2000. The van der Waals surface area contributed by atoms with Crippen molar-refractivity contribution in [1.29, 1.82) is 5.26 Å². The highest BCUT2D eigenvalue weighted by molar-refractivity contribution is 6.35.